The fraction of sp³-hybridized carbons (Fsp3) is 0.524. The van der Waals surface area contributed by atoms with Crippen molar-refractivity contribution in [1.29, 1.82) is 0 Å². The van der Waals surface area contributed by atoms with Gasteiger partial charge in [0.1, 0.15) is 12.7 Å². The molecule has 2 unspecified atom stereocenters. The Balaban J connectivity index is 2.16. The number of benzene rings is 1. The number of rotatable bonds is 13. The summed E-state index contributed by atoms with van der Waals surface area (Å²) >= 11 is 0. The van der Waals surface area contributed by atoms with Crippen LogP contribution in [0.3, 0.4) is 0 Å². The van der Waals surface area contributed by atoms with Gasteiger partial charge in [-0.15, -0.1) is 0 Å². The molecule has 27 heavy (non-hydrogen) atoms. The van der Waals surface area contributed by atoms with E-state index in [1.165, 1.54) is 5.56 Å². The first-order chi connectivity index (χ1) is 13.0. The van der Waals surface area contributed by atoms with Crippen molar-refractivity contribution in [2.75, 3.05) is 26.4 Å². The van der Waals surface area contributed by atoms with E-state index < -0.39 is 18.0 Å². The molecule has 1 rings (SSSR count). The van der Waals surface area contributed by atoms with Gasteiger partial charge in [-0.25, -0.2) is 9.59 Å². The van der Waals surface area contributed by atoms with Crippen molar-refractivity contribution >= 4 is 11.9 Å². The second-order valence-corrected chi connectivity index (χ2v) is 6.34. The minimum absolute atomic E-state index is 0.0761. The van der Waals surface area contributed by atoms with Gasteiger partial charge in [-0.2, -0.15) is 0 Å². The summed E-state index contributed by atoms with van der Waals surface area (Å²) in [7, 11) is 0. The smallest absolute Gasteiger partial charge is 0.338 e. The van der Waals surface area contributed by atoms with Gasteiger partial charge in [-0.3, -0.25) is 0 Å². The lowest BCUT2D eigenvalue weighted by Crippen LogP contribution is -2.24. The summed E-state index contributed by atoms with van der Waals surface area (Å²) in [6.07, 6.45) is 2.63. The van der Waals surface area contributed by atoms with E-state index in [9.17, 15) is 14.7 Å². The SMILES string of the molecule is C=CC(=O)OCCCCOCC(O)COC(=O)c1ccc(C(C)CC)cc1. The topological polar surface area (TPSA) is 82.1 Å². The highest BCUT2D eigenvalue weighted by atomic mass is 16.5. The zero-order valence-corrected chi connectivity index (χ0v) is 16.2. The molecule has 0 amide bonds. The Labute approximate surface area is 161 Å². The summed E-state index contributed by atoms with van der Waals surface area (Å²) in [4.78, 5) is 22.8. The summed E-state index contributed by atoms with van der Waals surface area (Å²) in [6, 6.07) is 7.34. The van der Waals surface area contributed by atoms with Crippen LogP contribution in [-0.2, 0) is 19.0 Å². The maximum Gasteiger partial charge on any atom is 0.338 e. The molecule has 1 N–H and O–H groups in total. The maximum atomic E-state index is 12.0. The molecule has 2 atom stereocenters. The van der Waals surface area contributed by atoms with E-state index in [0.29, 0.717) is 37.5 Å². The molecule has 0 bridgehead atoms. The molecule has 0 aliphatic heterocycles. The highest BCUT2D eigenvalue weighted by Crippen LogP contribution is 2.19. The van der Waals surface area contributed by atoms with E-state index >= 15 is 0 Å². The maximum absolute atomic E-state index is 12.0. The summed E-state index contributed by atoms with van der Waals surface area (Å²) in [6.45, 7) is 8.25. The molecule has 0 heterocycles. The van der Waals surface area contributed by atoms with Gasteiger partial charge in [0.05, 0.1) is 18.8 Å². The molecule has 1 aromatic carbocycles. The van der Waals surface area contributed by atoms with Crippen LogP contribution < -0.4 is 0 Å². The zero-order chi connectivity index (χ0) is 20.1. The molecule has 0 aliphatic rings. The third kappa shape index (κ3) is 9.35. The normalized spacial score (nSPS) is 12.9. The standard InChI is InChI=1S/C21H30O6/c1-4-16(3)17-8-10-18(11-9-17)21(24)27-15-19(22)14-25-12-6-7-13-26-20(23)5-2/h5,8-11,16,19,22H,2,4,6-7,12-15H2,1,3H3. The first-order valence-electron chi connectivity index (χ1n) is 9.30. The van der Waals surface area contributed by atoms with E-state index in [4.69, 9.17) is 14.2 Å². The van der Waals surface area contributed by atoms with Crippen LogP contribution in [0.15, 0.2) is 36.9 Å². The van der Waals surface area contributed by atoms with Crippen LogP contribution in [0.4, 0.5) is 0 Å². The lowest BCUT2D eigenvalue weighted by Gasteiger charge is -2.13. The van der Waals surface area contributed by atoms with Crippen LogP contribution in [0.25, 0.3) is 0 Å². The molecule has 0 aromatic heterocycles. The van der Waals surface area contributed by atoms with Gasteiger partial charge in [0.2, 0.25) is 0 Å². The number of carbonyl (C=O) groups excluding carboxylic acids is 2. The van der Waals surface area contributed by atoms with Crippen LogP contribution in [0.5, 0.6) is 0 Å². The van der Waals surface area contributed by atoms with Crippen molar-refractivity contribution in [1.82, 2.24) is 0 Å². The van der Waals surface area contributed by atoms with Gasteiger partial charge in [-0.1, -0.05) is 32.6 Å². The number of ether oxygens (including phenoxy) is 3. The van der Waals surface area contributed by atoms with E-state index in [1.807, 2.05) is 12.1 Å². The van der Waals surface area contributed by atoms with E-state index in [1.54, 1.807) is 12.1 Å². The monoisotopic (exact) mass is 378 g/mol. The number of aliphatic hydroxyl groups is 1. The molecule has 0 radical (unpaired) electrons. The Hall–Kier alpha value is -2.18. The Morgan fingerprint density at radius 3 is 2.41 bits per heavy atom. The van der Waals surface area contributed by atoms with Crippen LogP contribution in [0.1, 0.15) is 54.9 Å². The van der Waals surface area contributed by atoms with Gasteiger partial charge in [0.25, 0.3) is 0 Å². The van der Waals surface area contributed by atoms with E-state index in [2.05, 4.69) is 20.4 Å². The number of esters is 2. The van der Waals surface area contributed by atoms with Crippen molar-refractivity contribution in [3.05, 3.63) is 48.0 Å². The second-order valence-electron chi connectivity index (χ2n) is 6.34. The number of unbranched alkanes of at least 4 members (excludes halogenated alkanes) is 1. The highest BCUT2D eigenvalue weighted by Gasteiger charge is 2.12. The summed E-state index contributed by atoms with van der Waals surface area (Å²) in [5, 5.41) is 9.82. The average molecular weight is 378 g/mol. The summed E-state index contributed by atoms with van der Waals surface area (Å²) < 4.78 is 15.3. The lowest BCUT2D eigenvalue weighted by molar-refractivity contribution is -0.137. The van der Waals surface area contributed by atoms with Crippen molar-refractivity contribution in [3.63, 3.8) is 0 Å². The van der Waals surface area contributed by atoms with Gasteiger partial charge >= 0.3 is 11.9 Å². The predicted octanol–water partition coefficient (Wildman–Crippen LogP) is 3.24. The van der Waals surface area contributed by atoms with Crippen LogP contribution in [0.2, 0.25) is 0 Å². The number of hydrogen-bond donors (Lipinski definition) is 1. The quantitative estimate of drug-likeness (QED) is 0.322. The summed E-state index contributed by atoms with van der Waals surface area (Å²) in [5.74, 6) is -0.459. The molecule has 150 valence electrons. The number of aliphatic hydroxyl groups excluding tert-OH is 1. The molecule has 0 spiro atoms. The molecule has 6 heteroatoms. The molecule has 1 aromatic rings. The first kappa shape index (κ1) is 22.9. The molecule has 0 saturated carbocycles. The number of carbonyl (C=O) groups is 2. The van der Waals surface area contributed by atoms with Crippen molar-refractivity contribution in [3.8, 4) is 0 Å². The van der Waals surface area contributed by atoms with Gasteiger partial charge in [-0.05, 0) is 42.9 Å². The largest absolute Gasteiger partial charge is 0.463 e. The Morgan fingerprint density at radius 1 is 1.11 bits per heavy atom. The van der Waals surface area contributed by atoms with Crippen molar-refractivity contribution in [2.24, 2.45) is 0 Å². The average Bonchev–Trinajstić information content (AvgIpc) is 2.70. The van der Waals surface area contributed by atoms with Gasteiger partial charge < -0.3 is 19.3 Å². The Bertz CT molecular complexity index is 581. The predicted molar refractivity (Wildman–Crippen MR) is 103 cm³/mol. The van der Waals surface area contributed by atoms with Gasteiger partial charge in [0, 0.05) is 12.7 Å². The lowest BCUT2D eigenvalue weighted by atomic mass is 9.98. The molecule has 6 nitrogen and oxygen atoms in total. The Morgan fingerprint density at radius 2 is 1.78 bits per heavy atom. The fourth-order valence-corrected chi connectivity index (χ4v) is 2.24. The fourth-order valence-electron chi connectivity index (χ4n) is 2.24. The van der Waals surface area contributed by atoms with E-state index in [-0.39, 0.29) is 13.2 Å². The molecular weight excluding hydrogens is 348 g/mol. The first-order valence-corrected chi connectivity index (χ1v) is 9.30. The van der Waals surface area contributed by atoms with Crippen LogP contribution >= 0.6 is 0 Å². The molecular formula is C21H30O6. The van der Waals surface area contributed by atoms with Crippen molar-refractivity contribution < 1.29 is 28.9 Å². The molecule has 0 fully saturated rings. The van der Waals surface area contributed by atoms with E-state index in [0.717, 1.165) is 12.5 Å². The molecule has 0 aliphatic carbocycles. The van der Waals surface area contributed by atoms with Crippen molar-refractivity contribution in [2.45, 2.75) is 45.1 Å². The molecule has 0 saturated heterocycles. The number of hydrogen-bond acceptors (Lipinski definition) is 6. The van der Waals surface area contributed by atoms with Crippen LogP contribution in [-0.4, -0.2) is 49.6 Å². The summed E-state index contributed by atoms with van der Waals surface area (Å²) in [5.41, 5.74) is 1.64. The Kier molecular flexibility index (Phi) is 11.1. The van der Waals surface area contributed by atoms with Gasteiger partial charge in [0.15, 0.2) is 0 Å². The second kappa shape index (κ2) is 13.1. The third-order valence-electron chi connectivity index (χ3n) is 4.14. The van der Waals surface area contributed by atoms with Crippen LogP contribution in [0, 0.1) is 0 Å². The minimum Gasteiger partial charge on any atom is -0.463 e. The highest BCUT2D eigenvalue weighted by molar-refractivity contribution is 5.89. The minimum atomic E-state index is -0.882. The zero-order valence-electron chi connectivity index (χ0n) is 16.2. The third-order valence-corrected chi connectivity index (χ3v) is 4.14.